The monoisotopic (exact) mass is 1980 g/mol. The van der Waals surface area contributed by atoms with Crippen LogP contribution in [-0.4, -0.2) is 285 Å². The van der Waals surface area contributed by atoms with E-state index in [9.17, 15) is 72.5 Å². The molecule has 50 heteroatoms. The minimum atomic E-state index is -1.87. The number of phenolic OH excluding ortho intramolecular Hbond substituents is 1. The second-order valence-electron chi connectivity index (χ2n) is 33.5. The van der Waals surface area contributed by atoms with Gasteiger partial charge in [-0.2, -0.15) is 11.8 Å². The van der Waals surface area contributed by atoms with Crippen molar-refractivity contribution in [2.45, 2.75) is 228 Å². The number of benzene rings is 3. The van der Waals surface area contributed by atoms with Crippen LogP contribution in [0.5, 0.6) is 5.75 Å². The van der Waals surface area contributed by atoms with Gasteiger partial charge in [0, 0.05) is 92.1 Å². The number of carboxylic acids is 2. The van der Waals surface area contributed by atoms with Crippen LogP contribution >= 0.6 is 23.5 Å². The van der Waals surface area contributed by atoms with Crippen LogP contribution in [-0.2, 0) is 106 Å². The molecular weight excluding hydrogens is 1850 g/mol. The molecule has 0 unspecified atom stereocenters. The summed E-state index contributed by atoms with van der Waals surface area (Å²) in [5.41, 5.74) is 36.8. The van der Waals surface area contributed by atoms with Crippen LogP contribution < -0.4 is 125 Å². The Balaban J connectivity index is 1.53. The van der Waals surface area contributed by atoms with E-state index < -0.39 is 242 Å². The summed E-state index contributed by atoms with van der Waals surface area (Å²) >= 11 is 2.27. The molecule has 16 amide bonds. The maximum atomic E-state index is 15.5. The molecule has 0 aliphatic carbocycles. The zero-order valence-electron chi connectivity index (χ0n) is 78.4. The number of H-pyrrole nitrogens is 2. The van der Waals surface area contributed by atoms with Gasteiger partial charge < -0.3 is 150 Å². The predicted molar refractivity (Wildman–Crippen MR) is 519 cm³/mol. The Bertz CT molecular complexity index is 5000. The number of fused-ring (bicyclic) bond motifs is 2. The Morgan fingerprint density at radius 1 is 0.403 bits per heavy atom. The van der Waals surface area contributed by atoms with E-state index in [2.05, 4.69) is 100 Å². The second kappa shape index (κ2) is 61.4. The number of nitrogens with one attached hydrogen (secondary N) is 21. The number of carbonyl (C=O) groups excluding carboxylic acids is 16. The molecule has 0 aliphatic heterocycles. The van der Waals surface area contributed by atoms with Gasteiger partial charge in [0.25, 0.3) is 0 Å². The van der Waals surface area contributed by atoms with E-state index >= 15 is 24.0 Å². The summed E-state index contributed by atoms with van der Waals surface area (Å²) < 4.78 is 0. The lowest BCUT2D eigenvalue weighted by Crippen LogP contribution is -2.61. The molecule has 2 aromatic heterocycles. The Kier molecular flexibility index (Phi) is 51.0. The first kappa shape index (κ1) is 116. The lowest BCUT2D eigenvalue weighted by atomic mass is 10.00. The normalized spacial score (nSPS) is 13.9. The number of rotatable bonds is 66. The Morgan fingerprint density at radius 3 is 1.18 bits per heavy atom. The third-order valence-corrected chi connectivity index (χ3v) is 23.2. The first-order chi connectivity index (χ1) is 66.1. The zero-order valence-corrected chi connectivity index (χ0v) is 80.1. The molecule has 0 saturated heterocycles. The van der Waals surface area contributed by atoms with Gasteiger partial charge in [0.15, 0.2) is 11.9 Å². The molecule has 0 radical (unpaired) electrons. The lowest BCUT2D eigenvalue weighted by Gasteiger charge is -2.29. The van der Waals surface area contributed by atoms with Crippen LogP contribution in [0.2, 0.25) is 0 Å². The maximum Gasteiger partial charge on any atom is 0.322 e. The zero-order chi connectivity index (χ0) is 103. The van der Waals surface area contributed by atoms with Crippen molar-refractivity contribution in [2.24, 2.45) is 40.3 Å². The van der Waals surface area contributed by atoms with Crippen molar-refractivity contribution in [3.05, 3.63) is 102 Å². The Morgan fingerprint density at radius 2 is 0.777 bits per heavy atom. The van der Waals surface area contributed by atoms with Crippen LogP contribution in [0.15, 0.2) is 85.2 Å². The summed E-state index contributed by atoms with van der Waals surface area (Å²) in [6.07, 6.45) is 1.77. The van der Waals surface area contributed by atoms with E-state index in [4.69, 9.17) is 50.3 Å². The van der Waals surface area contributed by atoms with Crippen LogP contribution in [0.4, 0.5) is 0 Å². The quantitative estimate of drug-likeness (QED) is 0.00754. The van der Waals surface area contributed by atoms with Gasteiger partial charge in [0.05, 0.1) is 18.5 Å². The number of aromatic hydroxyl groups is 1. The summed E-state index contributed by atoms with van der Waals surface area (Å²) in [6, 6.07) is -0.813. The van der Waals surface area contributed by atoms with E-state index in [0.29, 0.717) is 57.8 Å². The van der Waals surface area contributed by atoms with Gasteiger partial charge in [0.1, 0.15) is 84.8 Å². The molecule has 764 valence electrons. The Hall–Kier alpha value is -13.9. The van der Waals surface area contributed by atoms with Crippen molar-refractivity contribution in [1.29, 1.82) is 10.8 Å². The number of hydrogen-bond acceptors (Lipinski definition) is 26. The summed E-state index contributed by atoms with van der Waals surface area (Å²) in [5.74, 6) is -19.2. The lowest BCUT2D eigenvalue weighted by molar-refractivity contribution is -0.139. The maximum absolute atomic E-state index is 15.5. The van der Waals surface area contributed by atoms with Crippen LogP contribution in [0, 0.1) is 16.7 Å². The molecule has 0 spiro atoms. The van der Waals surface area contributed by atoms with E-state index in [0.717, 1.165) is 11.8 Å². The third kappa shape index (κ3) is 43.1. The molecule has 139 heavy (non-hydrogen) atoms. The van der Waals surface area contributed by atoms with Crippen molar-refractivity contribution in [2.75, 3.05) is 62.9 Å². The SMILES string of the molecule is CSCC[C@H](NC(=O)[C@H](CCC(=O)O)NC(=O)[C@H](Cc1c[nH]c2ccccc12)NC(=O)[C@H](CCC(N)=O)NC(=O)[C@H](Cc1c[nH]c2ccccc12)NC(=O)[C@H](CCCNC(=N)N)NC(=O)[C@H](CC(C)C)NC(=O)[C@H](CSCNC(C)=O)NC(=O)[C@H](CCCCN)NC(=O)[C@H](C)N)C(=O)N[C@@H](CCCNC(=N)N)C(=O)N[C@@H](CCCCN)C(=O)N[C@@H](Cc1ccc(O)cc1)C(=O)NCC(=O)NCC(=O)O. The van der Waals surface area contributed by atoms with Crippen molar-refractivity contribution < 1.29 is 102 Å². The van der Waals surface area contributed by atoms with Gasteiger partial charge >= 0.3 is 11.9 Å². The smallest absolute Gasteiger partial charge is 0.322 e. The average Bonchev–Trinajstić information content (AvgIpc) is 1.68. The molecule has 0 fully saturated rings. The number of primary amides is 1. The number of hydrogen-bond donors (Lipinski definition) is 30. The van der Waals surface area contributed by atoms with Crippen LogP contribution in [0.25, 0.3) is 21.8 Å². The van der Waals surface area contributed by atoms with Gasteiger partial charge in [-0.05, 0) is 169 Å². The molecule has 0 bridgehead atoms. The largest absolute Gasteiger partial charge is 0.508 e. The van der Waals surface area contributed by atoms with Gasteiger partial charge in [-0.1, -0.05) is 62.4 Å². The fraction of sp³-hybridized carbons (Fsp3) is 0.528. The minimum Gasteiger partial charge on any atom is -0.508 e. The molecule has 5 rings (SSSR count). The molecule has 48 nitrogen and oxygen atoms in total. The number of nitrogens with two attached hydrogens (primary N) is 6. The number of aromatic nitrogens is 2. The second-order valence-corrected chi connectivity index (χ2v) is 35.6. The first-order valence-corrected chi connectivity index (χ1v) is 48.1. The summed E-state index contributed by atoms with van der Waals surface area (Å²) in [5, 5.41) is 90.0. The fourth-order valence-electron chi connectivity index (χ4n) is 14.3. The number of unbranched alkanes of at least 4 members (excludes halogenated alkanes) is 2. The summed E-state index contributed by atoms with van der Waals surface area (Å²) in [7, 11) is 0. The minimum absolute atomic E-state index is 0.0128. The molecule has 5 aromatic rings. The molecular formula is C89H135N27O21S2. The van der Waals surface area contributed by atoms with Gasteiger partial charge in [-0.3, -0.25) is 97.1 Å². The number of para-hydroxylation sites is 2. The van der Waals surface area contributed by atoms with Gasteiger partial charge in [0.2, 0.25) is 94.5 Å². The highest BCUT2D eigenvalue weighted by atomic mass is 32.2. The number of carbonyl (C=O) groups is 18. The van der Waals surface area contributed by atoms with Gasteiger partial charge in [-0.15, -0.1) is 11.8 Å². The average molecular weight is 1980 g/mol. The highest BCUT2D eigenvalue weighted by molar-refractivity contribution is 7.99. The van der Waals surface area contributed by atoms with E-state index in [1.54, 1.807) is 74.8 Å². The molecule has 13 atom stereocenters. The Labute approximate surface area is 811 Å². The topological polar surface area (TPSA) is 808 Å². The summed E-state index contributed by atoms with van der Waals surface area (Å²) in [6.45, 7) is 5.03. The van der Waals surface area contributed by atoms with E-state index in [1.807, 2.05) is 0 Å². The number of aromatic amines is 2. The predicted octanol–water partition coefficient (Wildman–Crippen LogP) is -4.59. The van der Waals surface area contributed by atoms with E-state index in [1.165, 1.54) is 56.1 Å². The standard InChI is InChI=1S/C89H135N27O21S2/c1-48(2)38-66(112-87(137)70(46-139-47-104-50(4)117)116-80(130)59(20-10-12-33-90)105-75(125)49(3)92)84(134)108-62(23-15-36-99-89(96)97)79(129)114-68(40-52-42-100-57-18-8-6-16-55(52)57)85(135)109-63(28-30-71(93)119)82(132)115-69(41-53-43-101-58-19-9-7-17-56(53)58)86(136)110-64(29-31-73(121)122)81(131)111-65(32-37-138-5)83(133)107-61(22-14-35-98-88(94)95)77(127)106-60(21-11-13-34-91)78(128)113-67(39-51-24-26-54(118)27-25-51)76(126)103-44-72(120)102-45-74(123)124/h6-9,16-19,24-27,42-43,48-49,59-70,100-101,118H,10-15,20-23,28-41,44-47,90-92H2,1-5H3,(H2,93,119)(H,102,120)(H,103,126)(H,104,117)(H,105,125)(H,106,127)(H,107,133)(H,108,134)(H,109,135)(H,110,136)(H,111,131)(H,112,137)(H,113,128)(H,114,129)(H,115,132)(H,116,130)(H,121,122)(H,123,124)(H4,94,95,98)(H4,96,97,99)/t49-,59-,60-,61-,62-,63-,64-,65-,66-,67-,68-,69-,70-/m0/s1. The van der Waals surface area contributed by atoms with Crippen molar-refractivity contribution >= 4 is 164 Å². The van der Waals surface area contributed by atoms with Crippen molar-refractivity contribution in [1.82, 2.24) is 100 Å². The molecule has 0 aliphatic rings. The molecule has 3 aromatic carbocycles. The number of guanidine groups is 2. The highest BCUT2D eigenvalue weighted by Gasteiger charge is 2.39. The third-order valence-electron chi connectivity index (χ3n) is 21.7. The van der Waals surface area contributed by atoms with E-state index in [-0.39, 0.29) is 126 Å². The number of phenols is 1. The molecule has 2 heterocycles. The molecule has 36 N–H and O–H groups in total. The van der Waals surface area contributed by atoms with Crippen molar-refractivity contribution in [3.8, 4) is 5.75 Å². The van der Waals surface area contributed by atoms with Gasteiger partial charge in [-0.25, -0.2) is 0 Å². The van der Waals surface area contributed by atoms with Crippen LogP contribution in [0.3, 0.4) is 0 Å². The highest BCUT2D eigenvalue weighted by Crippen LogP contribution is 2.24. The van der Waals surface area contributed by atoms with Crippen molar-refractivity contribution in [3.63, 3.8) is 0 Å². The summed E-state index contributed by atoms with van der Waals surface area (Å²) in [4.78, 5) is 259. The first-order valence-electron chi connectivity index (χ1n) is 45.5. The van der Waals surface area contributed by atoms with Crippen LogP contribution in [0.1, 0.15) is 147 Å². The number of carboxylic acid groups (broad SMARTS) is 2. The molecule has 0 saturated carbocycles. The number of aliphatic carboxylic acids is 2. The number of amides is 16. The fourth-order valence-corrected chi connectivity index (χ4v) is 15.7. The number of thioether (sulfide) groups is 2.